The molecule has 3 heterocycles. The van der Waals surface area contributed by atoms with E-state index in [-0.39, 0.29) is 22.4 Å². The molecule has 1 aliphatic carbocycles. The number of hydrogen-bond donors (Lipinski definition) is 3. The number of nitrogens with one attached hydrogen (secondary N) is 1. The highest BCUT2D eigenvalue weighted by atomic mass is 32.2. The number of imidazole rings is 1. The van der Waals surface area contributed by atoms with E-state index in [1.165, 1.54) is 18.5 Å². The number of fused-ring (bicyclic) bond motifs is 1. The van der Waals surface area contributed by atoms with Gasteiger partial charge in [0, 0.05) is 29.6 Å². The first-order valence-corrected chi connectivity index (χ1v) is 13.4. The third-order valence-electron chi connectivity index (χ3n) is 6.60. The second kappa shape index (κ2) is 9.67. The first-order valence-electron chi connectivity index (χ1n) is 11.9. The van der Waals surface area contributed by atoms with Crippen molar-refractivity contribution in [1.29, 1.82) is 0 Å². The lowest BCUT2D eigenvalue weighted by Gasteiger charge is -2.26. The average molecular weight is 550 g/mol. The number of nitrogen functional groups attached to an aromatic ring is 1. The number of nitrogens with zero attached hydrogens (tertiary/aromatic N) is 5. The van der Waals surface area contributed by atoms with Gasteiger partial charge in [0.05, 0.1) is 34.8 Å². The Hall–Kier alpha value is -3.49. The van der Waals surface area contributed by atoms with Gasteiger partial charge in [-0.1, -0.05) is 6.07 Å². The molecule has 202 valence electrons. The Kier molecular flexibility index (Phi) is 6.65. The van der Waals surface area contributed by atoms with E-state index < -0.39 is 28.8 Å². The lowest BCUT2D eigenvalue weighted by atomic mass is 9.94. The molecule has 3 aromatic heterocycles. The van der Waals surface area contributed by atoms with Crippen molar-refractivity contribution in [3.8, 4) is 22.5 Å². The minimum Gasteiger partial charge on any atom is -0.393 e. The van der Waals surface area contributed by atoms with Gasteiger partial charge in [-0.15, -0.1) is 0 Å². The normalized spacial score (nSPS) is 18.8. The van der Waals surface area contributed by atoms with E-state index in [4.69, 9.17) is 5.73 Å². The number of aryl methyl sites for hydroxylation is 1. The number of aliphatic hydroxyl groups is 1. The second-order valence-electron chi connectivity index (χ2n) is 9.49. The molecule has 10 nitrogen and oxygen atoms in total. The first kappa shape index (κ1) is 26.1. The van der Waals surface area contributed by atoms with Crippen molar-refractivity contribution in [2.45, 2.75) is 62.4 Å². The Labute approximate surface area is 216 Å². The van der Waals surface area contributed by atoms with Gasteiger partial charge in [0.25, 0.3) is 0 Å². The van der Waals surface area contributed by atoms with Crippen molar-refractivity contribution >= 4 is 21.5 Å². The van der Waals surface area contributed by atoms with Gasteiger partial charge < -0.3 is 10.8 Å². The van der Waals surface area contributed by atoms with Crippen molar-refractivity contribution in [2.24, 2.45) is 0 Å². The standard InChI is InChI=1S/C24H26F3N7O3S/c1-14-2-7-18(38(36,37)32-16-3-5-17(35)6-4-16)8-19(14)21-10-29-23-22(28)31-20(12-34(21)23)15-9-30-33(11-15)13-24(25,26)27/h2,7-12,16-17,32,35H,3-6,13H2,1H3,(H2,28,31)/t16-,17-. The van der Waals surface area contributed by atoms with Crippen LogP contribution >= 0.6 is 0 Å². The minimum absolute atomic E-state index is 0.0555. The molecule has 1 aromatic carbocycles. The van der Waals surface area contributed by atoms with Gasteiger partial charge in [-0.05, 0) is 50.3 Å². The summed E-state index contributed by atoms with van der Waals surface area (Å²) in [4.78, 5) is 8.69. The molecule has 1 fully saturated rings. The van der Waals surface area contributed by atoms with Crippen LogP contribution in [-0.4, -0.2) is 56.0 Å². The Balaban J connectivity index is 1.51. The van der Waals surface area contributed by atoms with E-state index in [1.54, 1.807) is 28.9 Å². The van der Waals surface area contributed by atoms with Crippen LogP contribution in [-0.2, 0) is 16.6 Å². The molecule has 4 N–H and O–H groups in total. The van der Waals surface area contributed by atoms with Gasteiger partial charge in [0.15, 0.2) is 11.5 Å². The molecule has 0 aliphatic heterocycles. The van der Waals surface area contributed by atoms with Crippen LogP contribution in [0.15, 0.2) is 47.9 Å². The second-order valence-corrected chi connectivity index (χ2v) is 11.2. The smallest absolute Gasteiger partial charge is 0.393 e. The van der Waals surface area contributed by atoms with Crippen molar-refractivity contribution in [3.63, 3.8) is 0 Å². The molecule has 0 amide bonds. The van der Waals surface area contributed by atoms with Crippen LogP contribution in [0.2, 0.25) is 0 Å². The summed E-state index contributed by atoms with van der Waals surface area (Å²) in [5, 5.41) is 13.5. The van der Waals surface area contributed by atoms with Crippen LogP contribution in [0, 0.1) is 6.92 Å². The van der Waals surface area contributed by atoms with E-state index in [9.17, 15) is 26.7 Å². The Bertz CT molecular complexity index is 1590. The van der Waals surface area contributed by atoms with Gasteiger partial charge in [-0.2, -0.15) is 18.3 Å². The maximum Gasteiger partial charge on any atom is 0.408 e. The van der Waals surface area contributed by atoms with Crippen LogP contribution in [0.25, 0.3) is 28.2 Å². The summed E-state index contributed by atoms with van der Waals surface area (Å²) in [6.07, 6.45) is 2.99. The van der Waals surface area contributed by atoms with Crippen molar-refractivity contribution < 1.29 is 26.7 Å². The highest BCUT2D eigenvalue weighted by molar-refractivity contribution is 7.89. The van der Waals surface area contributed by atoms with Crippen LogP contribution in [0.5, 0.6) is 0 Å². The monoisotopic (exact) mass is 549 g/mol. The summed E-state index contributed by atoms with van der Waals surface area (Å²) in [6.45, 7) is 0.588. The van der Waals surface area contributed by atoms with Gasteiger partial charge in [-0.25, -0.2) is 23.1 Å². The number of aromatic nitrogens is 5. The van der Waals surface area contributed by atoms with Crippen LogP contribution in [0.3, 0.4) is 0 Å². The summed E-state index contributed by atoms with van der Waals surface area (Å²) in [7, 11) is -3.83. The molecule has 0 atom stereocenters. The molecule has 0 spiro atoms. The molecule has 38 heavy (non-hydrogen) atoms. The molecule has 1 saturated carbocycles. The zero-order valence-electron chi connectivity index (χ0n) is 20.4. The van der Waals surface area contributed by atoms with Crippen LogP contribution in [0.1, 0.15) is 31.2 Å². The predicted octanol–water partition coefficient (Wildman–Crippen LogP) is 3.29. The molecule has 4 aromatic rings. The van der Waals surface area contributed by atoms with E-state index in [0.717, 1.165) is 10.2 Å². The SMILES string of the molecule is Cc1ccc(S(=O)(=O)N[C@H]2CC[C@H](O)CC2)cc1-c1cnc2c(N)nc(-c3cnn(CC(F)(F)F)c3)cn12. The average Bonchev–Trinajstić information content (AvgIpc) is 3.47. The van der Waals surface area contributed by atoms with E-state index in [0.29, 0.717) is 48.2 Å². The largest absolute Gasteiger partial charge is 0.408 e. The summed E-state index contributed by atoms with van der Waals surface area (Å²) in [6, 6.07) is 4.52. The number of aliphatic hydroxyl groups excluding tert-OH is 1. The van der Waals surface area contributed by atoms with Gasteiger partial charge in [0.2, 0.25) is 10.0 Å². The third kappa shape index (κ3) is 5.37. The molecule has 0 bridgehead atoms. The minimum atomic E-state index is -4.42. The molecular formula is C24H26F3N7O3S. The lowest BCUT2D eigenvalue weighted by Crippen LogP contribution is -2.38. The number of rotatable bonds is 6. The summed E-state index contributed by atoms with van der Waals surface area (Å²) in [5.41, 5.74) is 8.95. The quantitative estimate of drug-likeness (QED) is 0.335. The van der Waals surface area contributed by atoms with Crippen LogP contribution in [0.4, 0.5) is 19.0 Å². The highest BCUT2D eigenvalue weighted by Crippen LogP contribution is 2.31. The molecule has 0 saturated heterocycles. The molecule has 0 radical (unpaired) electrons. The maximum absolute atomic E-state index is 13.2. The number of nitrogens with two attached hydrogens (primary N) is 1. The van der Waals surface area contributed by atoms with E-state index in [2.05, 4.69) is 19.8 Å². The number of benzene rings is 1. The third-order valence-corrected chi connectivity index (χ3v) is 8.12. The zero-order valence-corrected chi connectivity index (χ0v) is 21.2. The Morgan fingerprint density at radius 2 is 1.89 bits per heavy atom. The lowest BCUT2D eigenvalue weighted by molar-refractivity contribution is -0.142. The summed E-state index contributed by atoms with van der Waals surface area (Å²) in [5.74, 6) is 0.0555. The number of halogens is 3. The van der Waals surface area contributed by atoms with Gasteiger partial charge >= 0.3 is 6.18 Å². The molecule has 5 rings (SSSR count). The molecule has 14 heteroatoms. The van der Waals surface area contributed by atoms with Crippen molar-refractivity contribution in [3.05, 3.63) is 48.5 Å². The number of anilines is 1. The number of sulfonamides is 1. The zero-order chi connectivity index (χ0) is 27.2. The fourth-order valence-electron chi connectivity index (χ4n) is 4.64. The maximum atomic E-state index is 13.2. The number of hydrogen-bond acceptors (Lipinski definition) is 7. The fourth-order valence-corrected chi connectivity index (χ4v) is 5.97. The van der Waals surface area contributed by atoms with Crippen LogP contribution < -0.4 is 10.5 Å². The Morgan fingerprint density at radius 1 is 1.16 bits per heavy atom. The highest BCUT2D eigenvalue weighted by Gasteiger charge is 2.29. The topological polar surface area (TPSA) is 140 Å². The predicted molar refractivity (Wildman–Crippen MR) is 133 cm³/mol. The fraction of sp³-hybridized carbons (Fsp3) is 0.375. The number of alkyl halides is 3. The molecule has 1 aliphatic rings. The summed E-state index contributed by atoms with van der Waals surface area (Å²) < 4.78 is 69.7. The summed E-state index contributed by atoms with van der Waals surface area (Å²) >= 11 is 0. The van der Waals surface area contributed by atoms with E-state index >= 15 is 0 Å². The van der Waals surface area contributed by atoms with Crippen molar-refractivity contribution in [2.75, 3.05) is 5.73 Å². The van der Waals surface area contributed by atoms with Gasteiger partial charge in [-0.3, -0.25) is 9.08 Å². The van der Waals surface area contributed by atoms with E-state index in [1.807, 2.05) is 6.92 Å². The van der Waals surface area contributed by atoms with Crippen molar-refractivity contribution in [1.82, 2.24) is 28.9 Å². The first-order chi connectivity index (χ1) is 17.9. The molecular weight excluding hydrogens is 523 g/mol. The molecule has 0 unspecified atom stereocenters. The Morgan fingerprint density at radius 3 is 2.61 bits per heavy atom. The van der Waals surface area contributed by atoms with Gasteiger partial charge in [0.1, 0.15) is 6.54 Å².